The van der Waals surface area contributed by atoms with Gasteiger partial charge in [-0.05, 0) is 37.8 Å². The molecule has 0 unspecified atom stereocenters. The van der Waals surface area contributed by atoms with Gasteiger partial charge >= 0.3 is 0 Å². The topological polar surface area (TPSA) is 46.3 Å². The Labute approximate surface area is 107 Å². The van der Waals surface area contributed by atoms with Crippen molar-refractivity contribution in [3.05, 3.63) is 35.6 Å². The first-order valence-corrected chi connectivity index (χ1v) is 6.37. The first-order chi connectivity index (χ1) is 8.59. The zero-order valence-corrected chi connectivity index (χ0v) is 10.6. The molecule has 98 valence electrons. The lowest BCUT2D eigenvalue weighted by atomic mass is 9.90. The van der Waals surface area contributed by atoms with Gasteiger partial charge in [-0.1, -0.05) is 12.1 Å². The quantitative estimate of drug-likeness (QED) is 0.874. The fourth-order valence-electron chi connectivity index (χ4n) is 2.48. The molecule has 1 aliphatic rings. The van der Waals surface area contributed by atoms with Crippen LogP contribution in [0.4, 0.5) is 4.39 Å². The average molecular weight is 250 g/mol. The second-order valence-corrected chi connectivity index (χ2v) is 4.96. The third-order valence-corrected chi connectivity index (χ3v) is 3.71. The minimum atomic E-state index is -0.457. The molecule has 0 radical (unpaired) electrons. The number of halogens is 1. The molecule has 1 aliphatic carbocycles. The van der Waals surface area contributed by atoms with Gasteiger partial charge in [0.05, 0.1) is 5.56 Å². The van der Waals surface area contributed by atoms with E-state index in [1.165, 1.54) is 12.1 Å². The van der Waals surface area contributed by atoms with Crippen molar-refractivity contribution in [2.45, 2.75) is 37.8 Å². The van der Waals surface area contributed by atoms with E-state index < -0.39 is 5.82 Å². The normalized spacial score (nSPS) is 23.7. The molecular weight excluding hydrogens is 231 g/mol. The van der Waals surface area contributed by atoms with Gasteiger partial charge in [-0.15, -0.1) is 0 Å². The molecule has 0 aromatic heterocycles. The third-order valence-electron chi connectivity index (χ3n) is 3.71. The highest BCUT2D eigenvalue weighted by atomic mass is 19.1. The predicted molar refractivity (Wildman–Crippen MR) is 68.7 cm³/mol. The van der Waals surface area contributed by atoms with Crippen LogP contribution < -0.4 is 5.73 Å². The fraction of sp³-hybridized carbons (Fsp3) is 0.500. The molecule has 0 heterocycles. The minimum Gasteiger partial charge on any atom is -0.339 e. The summed E-state index contributed by atoms with van der Waals surface area (Å²) in [6.07, 6.45) is 3.66. The minimum absolute atomic E-state index is 0.148. The number of nitrogens with two attached hydrogens (primary N) is 1. The van der Waals surface area contributed by atoms with Crippen LogP contribution in [0.3, 0.4) is 0 Å². The highest BCUT2D eigenvalue weighted by molar-refractivity contribution is 5.94. The number of rotatable bonds is 2. The van der Waals surface area contributed by atoms with Crippen LogP contribution >= 0.6 is 0 Å². The van der Waals surface area contributed by atoms with Gasteiger partial charge in [0.25, 0.3) is 5.91 Å². The van der Waals surface area contributed by atoms with E-state index in [0.29, 0.717) is 0 Å². The maximum atomic E-state index is 13.6. The van der Waals surface area contributed by atoms with E-state index in [-0.39, 0.29) is 23.6 Å². The fourth-order valence-corrected chi connectivity index (χ4v) is 2.48. The smallest absolute Gasteiger partial charge is 0.256 e. The van der Waals surface area contributed by atoms with E-state index in [1.807, 2.05) is 0 Å². The maximum absolute atomic E-state index is 13.6. The van der Waals surface area contributed by atoms with Gasteiger partial charge in [0.1, 0.15) is 5.82 Å². The molecular formula is C14H19FN2O. The van der Waals surface area contributed by atoms with Crippen LogP contribution in [0, 0.1) is 5.82 Å². The molecule has 0 bridgehead atoms. The molecule has 18 heavy (non-hydrogen) atoms. The lowest BCUT2D eigenvalue weighted by Gasteiger charge is -2.33. The first kappa shape index (κ1) is 13.0. The maximum Gasteiger partial charge on any atom is 0.256 e. The van der Waals surface area contributed by atoms with Crippen molar-refractivity contribution < 1.29 is 9.18 Å². The van der Waals surface area contributed by atoms with Gasteiger partial charge in [0, 0.05) is 19.1 Å². The Morgan fingerprint density at radius 1 is 1.28 bits per heavy atom. The van der Waals surface area contributed by atoms with E-state index >= 15 is 0 Å². The van der Waals surface area contributed by atoms with Crippen LogP contribution in [0.1, 0.15) is 36.0 Å². The third kappa shape index (κ3) is 2.70. The van der Waals surface area contributed by atoms with E-state index in [0.717, 1.165) is 25.7 Å². The Bertz CT molecular complexity index is 428. The van der Waals surface area contributed by atoms with Gasteiger partial charge in [-0.2, -0.15) is 0 Å². The summed E-state index contributed by atoms with van der Waals surface area (Å²) < 4.78 is 13.6. The Balaban J connectivity index is 2.07. The summed E-state index contributed by atoms with van der Waals surface area (Å²) in [6.45, 7) is 0. The largest absolute Gasteiger partial charge is 0.339 e. The van der Waals surface area contributed by atoms with Gasteiger partial charge in [-0.3, -0.25) is 4.79 Å². The number of carbonyl (C=O) groups is 1. The van der Waals surface area contributed by atoms with Crippen molar-refractivity contribution in [1.82, 2.24) is 4.90 Å². The van der Waals surface area contributed by atoms with Crippen molar-refractivity contribution in [3.63, 3.8) is 0 Å². The SMILES string of the molecule is CN(C(=O)c1ccccc1F)C1CCC(N)CC1. The molecule has 1 saturated carbocycles. The van der Waals surface area contributed by atoms with Crippen molar-refractivity contribution in [1.29, 1.82) is 0 Å². The molecule has 0 saturated heterocycles. The van der Waals surface area contributed by atoms with Crippen LogP contribution in [-0.4, -0.2) is 29.9 Å². The molecule has 1 amide bonds. The molecule has 1 fully saturated rings. The number of carbonyl (C=O) groups excluding carboxylic acids is 1. The van der Waals surface area contributed by atoms with Crippen LogP contribution in [-0.2, 0) is 0 Å². The summed E-state index contributed by atoms with van der Waals surface area (Å²) in [5, 5.41) is 0. The summed E-state index contributed by atoms with van der Waals surface area (Å²) >= 11 is 0. The Morgan fingerprint density at radius 3 is 2.50 bits per heavy atom. The van der Waals surface area contributed by atoms with Crippen LogP contribution in [0.5, 0.6) is 0 Å². The average Bonchev–Trinajstić information content (AvgIpc) is 2.38. The summed E-state index contributed by atoms with van der Waals surface area (Å²) in [7, 11) is 1.75. The number of benzene rings is 1. The van der Waals surface area contributed by atoms with Crippen molar-refractivity contribution >= 4 is 5.91 Å². The van der Waals surface area contributed by atoms with E-state index in [1.54, 1.807) is 24.1 Å². The first-order valence-electron chi connectivity index (χ1n) is 6.37. The molecule has 2 N–H and O–H groups in total. The number of amides is 1. The predicted octanol–water partition coefficient (Wildman–Crippen LogP) is 2.17. The molecule has 0 atom stereocenters. The number of hydrogen-bond acceptors (Lipinski definition) is 2. The van der Waals surface area contributed by atoms with Crippen molar-refractivity contribution in [2.24, 2.45) is 5.73 Å². The Hall–Kier alpha value is -1.42. The van der Waals surface area contributed by atoms with Gasteiger partial charge in [0.2, 0.25) is 0 Å². The van der Waals surface area contributed by atoms with Gasteiger partial charge in [-0.25, -0.2) is 4.39 Å². The molecule has 4 heteroatoms. The zero-order chi connectivity index (χ0) is 13.1. The Kier molecular flexibility index (Phi) is 3.97. The molecule has 0 spiro atoms. The summed E-state index contributed by atoms with van der Waals surface area (Å²) in [4.78, 5) is 13.9. The Morgan fingerprint density at radius 2 is 1.89 bits per heavy atom. The highest BCUT2D eigenvalue weighted by Crippen LogP contribution is 2.23. The van der Waals surface area contributed by atoms with E-state index in [2.05, 4.69) is 0 Å². The summed E-state index contributed by atoms with van der Waals surface area (Å²) in [6, 6.07) is 6.54. The molecule has 3 nitrogen and oxygen atoms in total. The van der Waals surface area contributed by atoms with E-state index in [4.69, 9.17) is 5.73 Å². The van der Waals surface area contributed by atoms with Gasteiger partial charge in [0.15, 0.2) is 0 Å². The second-order valence-electron chi connectivity index (χ2n) is 4.96. The molecule has 2 rings (SSSR count). The molecule has 1 aromatic rings. The van der Waals surface area contributed by atoms with Crippen LogP contribution in [0.15, 0.2) is 24.3 Å². The van der Waals surface area contributed by atoms with Crippen molar-refractivity contribution in [3.8, 4) is 0 Å². The lowest BCUT2D eigenvalue weighted by Crippen LogP contribution is -2.42. The number of nitrogens with zero attached hydrogens (tertiary/aromatic N) is 1. The molecule has 0 aliphatic heterocycles. The number of hydrogen-bond donors (Lipinski definition) is 1. The monoisotopic (exact) mass is 250 g/mol. The van der Waals surface area contributed by atoms with E-state index in [9.17, 15) is 9.18 Å². The second kappa shape index (κ2) is 5.48. The van der Waals surface area contributed by atoms with Crippen LogP contribution in [0.2, 0.25) is 0 Å². The zero-order valence-electron chi connectivity index (χ0n) is 10.6. The van der Waals surface area contributed by atoms with Gasteiger partial charge < -0.3 is 10.6 Å². The molecule has 1 aromatic carbocycles. The van der Waals surface area contributed by atoms with Crippen LogP contribution in [0.25, 0.3) is 0 Å². The van der Waals surface area contributed by atoms with Crippen molar-refractivity contribution in [2.75, 3.05) is 7.05 Å². The lowest BCUT2D eigenvalue weighted by molar-refractivity contribution is 0.0685. The summed E-state index contributed by atoms with van der Waals surface area (Å²) in [5.41, 5.74) is 5.99. The standard InChI is InChI=1S/C14H19FN2O/c1-17(11-8-6-10(16)7-9-11)14(18)12-4-2-3-5-13(12)15/h2-5,10-11H,6-9,16H2,1H3. The summed E-state index contributed by atoms with van der Waals surface area (Å²) in [5.74, 6) is -0.699. The highest BCUT2D eigenvalue weighted by Gasteiger charge is 2.26.